The Balaban J connectivity index is 1.76. The Hall–Kier alpha value is -3.53. The number of nitro groups is 1. The van der Waals surface area contributed by atoms with Gasteiger partial charge < -0.3 is 9.30 Å². The maximum Gasteiger partial charge on any atom is 0.387 e. The molecule has 3 aromatic rings. The van der Waals surface area contributed by atoms with Gasteiger partial charge in [0.15, 0.2) is 10.9 Å². The number of aromatic nitrogens is 2. The molecule has 0 atom stereocenters. The summed E-state index contributed by atoms with van der Waals surface area (Å²) in [6.07, 6.45) is 6.05. The van der Waals surface area contributed by atoms with Crippen LogP contribution in [0.25, 0.3) is 6.08 Å². The van der Waals surface area contributed by atoms with E-state index < -0.39 is 11.5 Å². The van der Waals surface area contributed by atoms with E-state index in [-0.39, 0.29) is 22.8 Å². The number of nitro benzene ring substituents is 1. The third kappa shape index (κ3) is 5.29. The smallest absolute Gasteiger partial charge is 0.387 e. The van der Waals surface area contributed by atoms with E-state index in [1.807, 2.05) is 0 Å². The van der Waals surface area contributed by atoms with Gasteiger partial charge in [0.25, 0.3) is 5.69 Å². The minimum Gasteiger partial charge on any atom is -0.435 e. The van der Waals surface area contributed by atoms with Crippen LogP contribution in [-0.4, -0.2) is 26.9 Å². The molecule has 1 heterocycles. The molecule has 0 unspecified atom stereocenters. The normalized spacial score (nSPS) is 11.2. The molecule has 3 rings (SSSR count). The Kier molecular flexibility index (Phi) is 6.58. The second-order valence-electron chi connectivity index (χ2n) is 6.01. The predicted octanol–water partition coefficient (Wildman–Crippen LogP) is 4.98. The highest BCUT2D eigenvalue weighted by Gasteiger charge is 2.17. The fraction of sp³-hybridized carbons (Fsp3) is 0.100. The molecule has 0 amide bonds. The molecule has 0 fully saturated rings. The van der Waals surface area contributed by atoms with Gasteiger partial charge in [0.1, 0.15) is 5.75 Å². The third-order valence-electron chi connectivity index (χ3n) is 3.95. The number of ether oxygens (including phenoxy) is 1. The van der Waals surface area contributed by atoms with Gasteiger partial charge in [-0.05, 0) is 53.7 Å². The maximum absolute atomic E-state index is 12.3. The van der Waals surface area contributed by atoms with Crippen LogP contribution in [-0.2, 0) is 7.05 Å². The fourth-order valence-corrected chi connectivity index (χ4v) is 3.37. The first kappa shape index (κ1) is 21.2. The lowest BCUT2D eigenvalue weighted by Gasteiger charge is -2.05. The largest absolute Gasteiger partial charge is 0.435 e. The lowest BCUT2D eigenvalue weighted by atomic mass is 10.1. The van der Waals surface area contributed by atoms with Gasteiger partial charge in [0, 0.05) is 31.1 Å². The van der Waals surface area contributed by atoms with Gasteiger partial charge >= 0.3 is 6.61 Å². The van der Waals surface area contributed by atoms with E-state index in [1.165, 1.54) is 54.2 Å². The van der Waals surface area contributed by atoms with Crippen molar-refractivity contribution in [2.45, 2.75) is 16.7 Å². The molecule has 7 nitrogen and oxygen atoms in total. The minimum atomic E-state index is -2.94. The number of aryl methyl sites for hydroxylation is 1. The number of nitrogens with zero attached hydrogens (tertiary/aromatic N) is 3. The number of carbonyl (C=O) groups excluding carboxylic acids is 1. The monoisotopic (exact) mass is 431 g/mol. The molecule has 10 heteroatoms. The van der Waals surface area contributed by atoms with Gasteiger partial charge in [-0.1, -0.05) is 12.1 Å². The Morgan fingerprint density at radius 3 is 2.60 bits per heavy atom. The molecular weight excluding hydrogens is 416 g/mol. The van der Waals surface area contributed by atoms with E-state index in [1.54, 1.807) is 36.1 Å². The standard InChI is InChI=1S/C20H15F2N3O4S/c1-24-11-10-23-20(24)30-18-9-3-13(12-16(18)25(27)28)2-8-17(26)14-4-6-15(7-5-14)29-19(21)22/h2-12,19H,1H3/b8-2+. The first-order chi connectivity index (χ1) is 14.3. The molecule has 30 heavy (non-hydrogen) atoms. The second-order valence-corrected chi connectivity index (χ2v) is 7.02. The van der Waals surface area contributed by atoms with E-state index >= 15 is 0 Å². The van der Waals surface area contributed by atoms with Crippen LogP contribution in [0.3, 0.4) is 0 Å². The number of carbonyl (C=O) groups is 1. The summed E-state index contributed by atoms with van der Waals surface area (Å²) in [5.74, 6) is -0.435. The van der Waals surface area contributed by atoms with E-state index in [4.69, 9.17) is 0 Å². The summed E-state index contributed by atoms with van der Waals surface area (Å²) in [6.45, 7) is -2.94. The van der Waals surface area contributed by atoms with Crippen molar-refractivity contribution in [1.82, 2.24) is 9.55 Å². The van der Waals surface area contributed by atoms with Crippen LogP contribution in [0.2, 0.25) is 0 Å². The highest BCUT2D eigenvalue weighted by atomic mass is 32.2. The van der Waals surface area contributed by atoms with Crippen molar-refractivity contribution < 1.29 is 23.2 Å². The summed E-state index contributed by atoms with van der Waals surface area (Å²) in [6, 6.07) is 9.87. The zero-order chi connectivity index (χ0) is 21.7. The highest BCUT2D eigenvalue weighted by Crippen LogP contribution is 2.34. The number of hydrogen-bond acceptors (Lipinski definition) is 6. The van der Waals surface area contributed by atoms with E-state index in [2.05, 4.69) is 9.72 Å². The lowest BCUT2D eigenvalue weighted by molar-refractivity contribution is -0.387. The van der Waals surface area contributed by atoms with Crippen molar-refractivity contribution in [2.75, 3.05) is 0 Å². The fourth-order valence-electron chi connectivity index (χ4n) is 2.48. The summed E-state index contributed by atoms with van der Waals surface area (Å²) in [7, 11) is 1.79. The van der Waals surface area contributed by atoms with Crippen LogP contribution in [0.4, 0.5) is 14.5 Å². The van der Waals surface area contributed by atoms with Crippen molar-refractivity contribution in [3.05, 3.63) is 82.2 Å². The van der Waals surface area contributed by atoms with Crippen molar-refractivity contribution in [2.24, 2.45) is 7.05 Å². The summed E-state index contributed by atoms with van der Waals surface area (Å²) in [5, 5.41) is 12.1. The number of alkyl halides is 2. The quantitative estimate of drug-likeness (QED) is 0.216. The topological polar surface area (TPSA) is 87.3 Å². The Labute approximate surface area is 174 Å². The molecule has 0 bridgehead atoms. The Morgan fingerprint density at radius 2 is 2.00 bits per heavy atom. The average Bonchev–Trinajstić information content (AvgIpc) is 3.11. The van der Waals surface area contributed by atoms with Gasteiger partial charge in [-0.2, -0.15) is 8.78 Å². The number of imidazole rings is 1. The second kappa shape index (κ2) is 9.31. The lowest BCUT2D eigenvalue weighted by Crippen LogP contribution is -2.02. The first-order valence-electron chi connectivity index (χ1n) is 8.54. The Bertz CT molecular complexity index is 1100. The maximum atomic E-state index is 12.3. The van der Waals surface area contributed by atoms with E-state index in [9.17, 15) is 23.7 Å². The highest BCUT2D eigenvalue weighted by molar-refractivity contribution is 7.99. The van der Waals surface area contributed by atoms with Gasteiger partial charge in [0.2, 0.25) is 0 Å². The van der Waals surface area contributed by atoms with Crippen LogP contribution in [0.15, 0.2) is 71.0 Å². The first-order valence-corrected chi connectivity index (χ1v) is 9.36. The van der Waals surface area contributed by atoms with Crippen LogP contribution >= 0.6 is 11.8 Å². The number of ketones is 1. The summed E-state index contributed by atoms with van der Waals surface area (Å²) in [4.78, 5) is 27.8. The van der Waals surface area contributed by atoms with Crippen molar-refractivity contribution >= 4 is 29.3 Å². The molecule has 0 saturated heterocycles. The van der Waals surface area contributed by atoms with Crippen molar-refractivity contribution in [3.8, 4) is 5.75 Å². The molecule has 0 N–H and O–H groups in total. The van der Waals surface area contributed by atoms with Crippen molar-refractivity contribution in [3.63, 3.8) is 0 Å². The zero-order valence-corrected chi connectivity index (χ0v) is 16.4. The molecule has 0 spiro atoms. The zero-order valence-electron chi connectivity index (χ0n) is 15.6. The molecule has 1 aromatic heterocycles. The van der Waals surface area contributed by atoms with Gasteiger partial charge in [-0.25, -0.2) is 4.98 Å². The molecular formula is C20H15F2N3O4S. The molecule has 0 aliphatic rings. The van der Waals surface area contributed by atoms with Crippen LogP contribution in [0, 0.1) is 10.1 Å². The Morgan fingerprint density at radius 1 is 1.27 bits per heavy atom. The minimum absolute atomic E-state index is 0.0537. The van der Waals surface area contributed by atoms with Gasteiger partial charge in [-0.15, -0.1) is 0 Å². The summed E-state index contributed by atoms with van der Waals surface area (Å²) >= 11 is 1.17. The summed E-state index contributed by atoms with van der Waals surface area (Å²) < 4.78 is 30.3. The molecule has 2 aromatic carbocycles. The number of rotatable bonds is 8. The third-order valence-corrected chi connectivity index (χ3v) is 5.09. The summed E-state index contributed by atoms with van der Waals surface area (Å²) in [5.41, 5.74) is 0.632. The molecule has 154 valence electrons. The molecule has 0 saturated carbocycles. The number of hydrogen-bond donors (Lipinski definition) is 0. The number of benzene rings is 2. The predicted molar refractivity (Wildman–Crippen MR) is 107 cm³/mol. The van der Waals surface area contributed by atoms with Crippen LogP contribution in [0.1, 0.15) is 15.9 Å². The molecule has 0 radical (unpaired) electrons. The van der Waals surface area contributed by atoms with Crippen LogP contribution in [0.5, 0.6) is 5.75 Å². The van der Waals surface area contributed by atoms with Crippen molar-refractivity contribution in [1.29, 1.82) is 0 Å². The average molecular weight is 431 g/mol. The molecule has 0 aliphatic heterocycles. The van der Waals surface area contributed by atoms with Gasteiger partial charge in [0.05, 0.1) is 9.82 Å². The number of halogens is 2. The van der Waals surface area contributed by atoms with Crippen LogP contribution < -0.4 is 4.74 Å². The van der Waals surface area contributed by atoms with E-state index in [0.29, 0.717) is 15.6 Å². The van der Waals surface area contributed by atoms with E-state index in [0.717, 1.165) is 0 Å². The van der Waals surface area contributed by atoms with Gasteiger partial charge in [-0.3, -0.25) is 14.9 Å². The SMILES string of the molecule is Cn1ccnc1Sc1ccc(/C=C/C(=O)c2ccc(OC(F)F)cc2)cc1[N+](=O)[O-]. The number of allylic oxidation sites excluding steroid dienone is 1. The molecule has 0 aliphatic carbocycles.